The van der Waals surface area contributed by atoms with Gasteiger partial charge in [0.15, 0.2) is 0 Å². The van der Waals surface area contributed by atoms with Gasteiger partial charge in [-0.25, -0.2) is 4.39 Å². The van der Waals surface area contributed by atoms with Crippen LogP contribution in [0, 0.1) is 5.82 Å². The quantitative estimate of drug-likeness (QED) is 0.819. The first-order valence-corrected chi connectivity index (χ1v) is 5.71. The number of rotatable bonds is 3. The number of halogens is 1. The molecule has 20 heavy (non-hydrogen) atoms. The molecule has 0 saturated carbocycles. The summed E-state index contributed by atoms with van der Waals surface area (Å²) in [6.45, 7) is -0.499. The number of carbonyl (C=O) groups is 2. The minimum Gasteiger partial charge on any atom is -0.480 e. The second-order valence-electron chi connectivity index (χ2n) is 4.27. The van der Waals surface area contributed by atoms with E-state index < -0.39 is 24.2 Å². The Morgan fingerprint density at radius 3 is 2.75 bits per heavy atom. The molecule has 2 rings (SSSR count). The summed E-state index contributed by atoms with van der Waals surface area (Å²) in [5, 5.41) is 9.05. The Kier molecular flexibility index (Phi) is 3.51. The van der Waals surface area contributed by atoms with E-state index in [0.29, 0.717) is 11.1 Å². The molecule has 6 nitrogen and oxygen atoms in total. The second-order valence-corrected chi connectivity index (χ2v) is 4.27. The van der Waals surface area contributed by atoms with Gasteiger partial charge in [0.2, 0.25) is 0 Å². The lowest BCUT2D eigenvalue weighted by molar-refractivity contribution is -0.137. The van der Waals surface area contributed by atoms with E-state index >= 15 is 0 Å². The molecule has 0 atom stereocenters. The number of hydrogen-bond acceptors (Lipinski definition) is 4. The molecule has 0 bridgehead atoms. The summed E-state index contributed by atoms with van der Waals surface area (Å²) >= 11 is 0. The van der Waals surface area contributed by atoms with Crippen LogP contribution in [0.4, 0.5) is 10.1 Å². The zero-order valence-electron chi connectivity index (χ0n) is 10.6. The number of fused-ring (bicyclic) bond motifs is 1. The van der Waals surface area contributed by atoms with E-state index in [-0.39, 0.29) is 11.1 Å². The van der Waals surface area contributed by atoms with Crippen LogP contribution in [-0.4, -0.2) is 40.5 Å². The third-order valence-corrected chi connectivity index (χ3v) is 2.83. The van der Waals surface area contributed by atoms with Gasteiger partial charge in [0.25, 0.3) is 5.91 Å². The maximum absolute atomic E-state index is 13.9. The summed E-state index contributed by atoms with van der Waals surface area (Å²) in [6, 6.07) is 4.04. The predicted octanol–water partition coefficient (Wildman–Crippen LogP) is 1.11. The smallest absolute Gasteiger partial charge is 0.323 e. The van der Waals surface area contributed by atoms with Crippen molar-refractivity contribution in [3.8, 4) is 0 Å². The highest BCUT2D eigenvalue weighted by molar-refractivity contribution is 6.08. The first-order chi connectivity index (χ1) is 9.41. The van der Waals surface area contributed by atoms with Crippen molar-refractivity contribution in [2.45, 2.75) is 0 Å². The fourth-order valence-electron chi connectivity index (χ4n) is 1.90. The number of hydrogen-bond donors (Lipinski definition) is 2. The van der Waals surface area contributed by atoms with Crippen LogP contribution < -0.4 is 5.73 Å². The largest absolute Gasteiger partial charge is 0.480 e. The van der Waals surface area contributed by atoms with Gasteiger partial charge < -0.3 is 15.7 Å². The molecule has 0 spiro atoms. The Bertz CT molecular complexity index is 703. The molecule has 1 aromatic heterocycles. The third kappa shape index (κ3) is 2.37. The molecule has 0 saturated heterocycles. The summed E-state index contributed by atoms with van der Waals surface area (Å²) in [7, 11) is 1.31. The Morgan fingerprint density at radius 1 is 1.40 bits per heavy atom. The van der Waals surface area contributed by atoms with E-state index in [0.717, 1.165) is 11.0 Å². The lowest BCUT2D eigenvalue weighted by Crippen LogP contribution is -2.32. The molecule has 2 aromatic rings. The Morgan fingerprint density at radius 2 is 2.10 bits per heavy atom. The minimum atomic E-state index is -1.17. The molecule has 0 aliphatic carbocycles. The van der Waals surface area contributed by atoms with Crippen molar-refractivity contribution in [1.29, 1.82) is 0 Å². The molecule has 0 fully saturated rings. The number of nitrogen functional groups attached to an aromatic ring is 1. The summed E-state index contributed by atoms with van der Waals surface area (Å²) in [5.41, 5.74) is 5.90. The number of amides is 1. The Balaban J connectivity index is 2.58. The van der Waals surface area contributed by atoms with E-state index in [1.807, 2.05) is 0 Å². The van der Waals surface area contributed by atoms with Gasteiger partial charge in [0, 0.05) is 24.3 Å². The van der Waals surface area contributed by atoms with Crippen molar-refractivity contribution in [2.75, 3.05) is 19.3 Å². The van der Waals surface area contributed by atoms with Crippen molar-refractivity contribution in [2.24, 2.45) is 0 Å². The molecule has 104 valence electrons. The molecule has 0 radical (unpaired) electrons. The standard InChI is InChI=1S/C13H12FN3O3/c1-17(6-10(18)19)13(20)12-11-7(4-5-16-12)9(15)3-2-8(11)14/h2-5H,6,15H2,1H3,(H,18,19). The highest BCUT2D eigenvalue weighted by Crippen LogP contribution is 2.26. The number of pyridine rings is 1. The van der Waals surface area contributed by atoms with Gasteiger partial charge >= 0.3 is 5.97 Å². The number of nitrogens with zero attached hydrogens (tertiary/aromatic N) is 2. The maximum atomic E-state index is 13.9. The van der Waals surface area contributed by atoms with Crippen LogP contribution in [0.1, 0.15) is 10.5 Å². The van der Waals surface area contributed by atoms with E-state index in [1.54, 1.807) is 0 Å². The van der Waals surface area contributed by atoms with Crippen LogP contribution >= 0.6 is 0 Å². The first-order valence-electron chi connectivity index (χ1n) is 5.71. The van der Waals surface area contributed by atoms with Gasteiger partial charge in [-0.05, 0) is 18.2 Å². The van der Waals surface area contributed by atoms with Gasteiger partial charge in [-0.1, -0.05) is 0 Å². The summed E-state index contributed by atoms with van der Waals surface area (Å²) < 4.78 is 13.9. The Labute approximate surface area is 113 Å². The zero-order valence-corrected chi connectivity index (χ0v) is 10.6. The molecule has 0 aliphatic heterocycles. The molecule has 7 heteroatoms. The fourth-order valence-corrected chi connectivity index (χ4v) is 1.90. The third-order valence-electron chi connectivity index (χ3n) is 2.83. The number of nitrogens with two attached hydrogens (primary N) is 1. The maximum Gasteiger partial charge on any atom is 0.323 e. The minimum absolute atomic E-state index is 0.00487. The lowest BCUT2D eigenvalue weighted by atomic mass is 10.1. The van der Waals surface area contributed by atoms with Gasteiger partial charge in [-0.3, -0.25) is 14.6 Å². The topological polar surface area (TPSA) is 96.5 Å². The highest BCUT2D eigenvalue weighted by Gasteiger charge is 2.20. The van der Waals surface area contributed by atoms with Crippen molar-refractivity contribution in [3.63, 3.8) is 0 Å². The predicted molar refractivity (Wildman–Crippen MR) is 70.7 cm³/mol. The van der Waals surface area contributed by atoms with Crippen LogP contribution in [-0.2, 0) is 4.79 Å². The van der Waals surface area contributed by atoms with Gasteiger partial charge in [0.05, 0.1) is 5.39 Å². The normalized spacial score (nSPS) is 10.5. The monoisotopic (exact) mass is 277 g/mol. The number of aromatic nitrogens is 1. The molecule has 1 heterocycles. The van der Waals surface area contributed by atoms with E-state index in [1.165, 1.54) is 25.4 Å². The first kappa shape index (κ1) is 13.7. The number of aliphatic carboxylic acids is 1. The van der Waals surface area contributed by atoms with Crippen molar-refractivity contribution < 1.29 is 19.1 Å². The van der Waals surface area contributed by atoms with Gasteiger partial charge in [-0.15, -0.1) is 0 Å². The van der Waals surface area contributed by atoms with Crippen LogP contribution in [0.15, 0.2) is 24.4 Å². The average molecular weight is 277 g/mol. The average Bonchev–Trinajstić information content (AvgIpc) is 2.41. The molecule has 1 amide bonds. The van der Waals surface area contributed by atoms with Crippen molar-refractivity contribution in [3.05, 3.63) is 35.9 Å². The van der Waals surface area contributed by atoms with E-state index in [2.05, 4.69) is 4.98 Å². The molecule has 0 unspecified atom stereocenters. The molecular formula is C13H12FN3O3. The van der Waals surface area contributed by atoms with Crippen LogP contribution in [0.5, 0.6) is 0 Å². The second kappa shape index (κ2) is 5.12. The molecule has 1 aromatic carbocycles. The number of likely N-dealkylation sites (N-methyl/N-ethyl adjacent to an activating group) is 1. The SMILES string of the molecule is CN(CC(=O)O)C(=O)c1nccc2c(N)ccc(F)c12. The number of carboxylic acid groups (broad SMARTS) is 1. The summed E-state index contributed by atoms with van der Waals surface area (Å²) in [6.07, 6.45) is 1.33. The van der Waals surface area contributed by atoms with E-state index in [9.17, 15) is 14.0 Å². The zero-order chi connectivity index (χ0) is 14.9. The van der Waals surface area contributed by atoms with E-state index in [4.69, 9.17) is 10.8 Å². The molecular weight excluding hydrogens is 265 g/mol. The van der Waals surface area contributed by atoms with Crippen LogP contribution in [0.3, 0.4) is 0 Å². The molecule has 0 aliphatic rings. The summed E-state index contributed by atoms with van der Waals surface area (Å²) in [5.74, 6) is -2.47. The number of benzene rings is 1. The Hall–Kier alpha value is -2.70. The molecule has 3 N–H and O–H groups in total. The van der Waals surface area contributed by atoms with Crippen LogP contribution in [0.25, 0.3) is 10.8 Å². The van der Waals surface area contributed by atoms with Gasteiger partial charge in [0.1, 0.15) is 18.1 Å². The summed E-state index contributed by atoms with van der Waals surface area (Å²) in [4.78, 5) is 27.6. The van der Waals surface area contributed by atoms with Gasteiger partial charge in [-0.2, -0.15) is 0 Å². The lowest BCUT2D eigenvalue weighted by Gasteiger charge is -2.15. The van der Waals surface area contributed by atoms with Crippen LogP contribution in [0.2, 0.25) is 0 Å². The fraction of sp³-hybridized carbons (Fsp3) is 0.154. The van der Waals surface area contributed by atoms with Crippen molar-refractivity contribution >= 4 is 28.3 Å². The highest BCUT2D eigenvalue weighted by atomic mass is 19.1. The number of carbonyl (C=O) groups excluding carboxylic acids is 1. The van der Waals surface area contributed by atoms with Crippen molar-refractivity contribution in [1.82, 2.24) is 9.88 Å². The number of carboxylic acids is 1. The number of anilines is 1.